The van der Waals surface area contributed by atoms with Crippen molar-refractivity contribution in [2.45, 2.75) is 38.7 Å². The summed E-state index contributed by atoms with van der Waals surface area (Å²) in [5, 5.41) is 8.34. The molecule has 80 valence electrons. The highest BCUT2D eigenvalue weighted by atomic mass is 16.5. The number of carboxylic acid groups (broad SMARTS) is 1. The summed E-state index contributed by atoms with van der Waals surface area (Å²) in [6, 6.07) is 0. The summed E-state index contributed by atoms with van der Waals surface area (Å²) in [4.78, 5) is 10.2. The molecule has 1 saturated carbocycles. The molecule has 0 aliphatic heterocycles. The van der Waals surface area contributed by atoms with Gasteiger partial charge in [0.25, 0.3) is 0 Å². The molecule has 0 heterocycles. The average molecular weight is 198 g/mol. The van der Waals surface area contributed by atoms with Crippen LogP contribution < -0.4 is 0 Å². The first kappa shape index (κ1) is 11.2. The zero-order valence-electron chi connectivity index (χ0n) is 8.61. The number of aliphatic carboxylic acids is 1. The minimum atomic E-state index is -0.911. The van der Waals surface area contributed by atoms with Crippen LogP contribution >= 0.6 is 0 Å². The van der Waals surface area contributed by atoms with Crippen molar-refractivity contribution in [3.63, 3.8) is 0 Å². The Hall–Kier alpha value is -0.830. The highest BCUT2D eigenvalue weighted by Gasteiger charge is 2.17. The molecule has 0 radical (unpaired) electrons. The third kappa shape index (κ3) is 4.42. The lowest BCUT2D eigenvalue weighted by atomic mass is 9.89. The Balaban J connectivity index is 2.10. The molecule has 0 aromatic heterocycles. The van der Waals surface area contributed by atoms with Gasteiger partial charge in [0.2, 0.25) is 0 Å². The molecule has 1 N–H and O–H groups in total. The zero-order chi connectivity index (χ0) is 10.4. The van der Waals surface area contributed by atoms with Crippen LogP contribution in [0.3, 0.4) is 0 Å². The van der Waals surface area contributed by atoms with Crippen molar-refractivity contribution in [3.05, 3.63) is 12.2 Å². The number of hydrogen-bond acceptors (Lipinski definition) is 2. The maximum Gasteiger partial charge on any atom is 0.328 e. The summed E-state index contributed by atoms with van der Waals surface area (Å²) in [6.45, 7) is 2.69. The minimum absolute atomic E-state index is 0.338. The number of carbonyl (C=O) groups is 1. The van der Waals surface area contributed by atoms with Gasteiger partial charge < -0.3 is 9.84 Å². The molecule has 0 aromatic rings. The van der Waals surface area contributed by atoms with E-state index in [1.165, 1.54) is 12.8 Å². The largest absolute Gasteiger partial charge is 0.478 e. The first-order chi connectivity index (χ1) is 6.68. The molecule has 0 amide bonds. The van der Waals surface area contributed by atoms with E-state index in [4.69, 9.17) is 9.84 Å². The van der Waals surface area contributed by atoms with Crippen LogP contribution in [0.1, 0.15) is 32.6 Å². The number of carboxylic acids is 1. The van der Waals surface area contributed by atoms with Crippen molar-refractivity contribution in [3.8, 4) is 0 Å². The molecular weight excluding hydrogens is 180 g/mol. The lowest BCUT2D eigenvalue weighted by Gasteiger charge is -2.25. The first-order valence-corrected chi connectivity index (χ1v) is 5.19. The van der Waals surface area contributed by atoms with Gasteiger partial charge in [0.05, 0.1) is 12.7 Å². The molecule has 0 unspecified atom stereocenters. The van der Waals surface area contributed by atoms with E-state index in [-0.39, 0.29) is 0 Å². The summed E-state index contributed by atoms with van der Waals surface area (Å²) < 4.78 is 5.53. The Morgan fingerprint density at radius 1 is 1.43 bits per heavy atom. The molecule has 1 fully saturated rings. The molecule has 0 bridgehead atoms. The third-order valence-corrected chi connectivity index (χ3v) is 2.65. The van der Waals surface area contributed by atoms with E-state index in [0.717, 1.165) is 24.8 Å². The molecule has 3 nitrogen and oxygen atoms in total. The average Bonchev–Trinajstić information content (AvgIpc) is 2.15. The van der Waals surface area contributed by atoms with Gasteiger partial charge in [0.15, 0.2) is 0 Å². The van der Waals surface area contributed by atoms with Crippen molar-refractivity contribution in [1.29, 1.82) is 0 Å². The van der Waals surface area contributed by atoms with E-state index in [1.54, 1.807) is 6.08 Å². The summed E-state index contributed by atoms with van der Waals surface area (Å²) in [7, 11) is 0. The first-order valence-electron chi connectivity index (χ1n) is 5.19. The van der Waals surface area contributed by atoms with E-state index in [2.05, 4.69) is 6.92 Å². The zero-order valence-corrected chi connectivity index (χ0v) is 8.61. The Bertz CT molecular complexity index is 203. The van der Waals surface area contributed by atoms with Gasteiger partial charge in [-0.25, -0.2) is 4.79 Å². The summed E-state index contributed by atoms with van der Waals surface area (Å²) in [5.41, 5.74) is 0. The molecular formula is C11H18O3. The molecule has 0 aromatic carbocycles. The Kier molecular flexibility index (Phi) is 4.66. The monoisotopic (exact) mass is 198 g/mol. The van der Waals surface area contributed by atoms with Gasteiger partial charge in [0.1, 0.15) is 0 Å². The quantitative estimate of drug-likeness (QED) is 0.704. The van der Waals surface area contributed by atoms with Gasteiger partial charge in [-0.2, -0.15) is 0 Å². The second-order valence-electron chi connectivity index (χ2n) is 3.96. The Morgan fingerprint density at radius 2 is 2.07 bits per heavy atom. The molecule has 1 aliphatic carbocycles. The van der Waals surface area contributed by atoms with Crippen molar-refractivity contribution in [2.75, 3.05) is 6.61 Å². The SMILES string of the molecule is CC1CCC(OC/C=C/C(=O)O)CC1. The van der Waals surface area contributed by atoms with Crippen LogP contribution in [0.15, 0.2) is 12.2 Å². The number of rotatable bonds is 4. The minimum Gasteiger partial charge on any atom is -0.478 e. The molecule has 0 spiro atoms. The van der Waals surface area contributed by atoms with Gasteiger partial charge >= 0.3 is 5.97 Å². The molecule has 1 rings (SSSR count). The second kappa shape index (κ2) is 5.81. The van der Waals surface area contributed by atoms with E-state index in [9.17, 15) is 4.79 Å². The van der Waals surface area contributed by atoms with Crippen LogP contribution in [0.5, 0.6) is 0 Å². The summed E-state index contributed by atoms with van der Waals surface area (Å²) in [5.74, 6) is -0.0877. The van der Waals surface area contributed by atoms with Gasteiger partial charge in [-0.3, -0.25) is 0 Å². The number of hydrogen-bond donors (Lipinski definition) is 1. The molecule has 1 aliphatic rings. The second-order valence-corrected chi connectivity index (χ2v) is 3.96. The fourth-order valence-electron chi connectivity index (χ4n) is 1.74. The third-order valence-electron chi connectivity index (χ3n) is 2.65. The maximum atomic E-state index is 10.2. The van der Waals surface area contributed by atoms with Gasteiger partial charge in [-0.15, -0.1) is 0 Å². The van der Waals surface area contributed by atoms with Crippen molar-refractivity contribution in [1.82, 2.24) is 0 Å². The lowest BCUT2D eigenvalue weighted by Crippen LogP contribution is -2.20. The smallest absolute Gasteiger partial charge is 0.328 e. The summed E-state index contributed by atoms with van der Waals surface area (Å²) >= 11 is 0. The molecule has 0 saturated heterocycles. The molecule has 3 heteroatoms. The maximum absolute atomic E-state index is 10.2. The van der Waals surface area contributed by atoms with Crippen LogP contribution in [-0.4, -0.2) is 23.8 Å². The Morgan fingerprint density at radius 3 is 2.64 bits per heavy atom. The predicted molar refractivity (Wildman–Crippen MR) is 54.1 cm³/mol. The van der Waals surface area contributed by atoms with E-state index < -0.39 is 5.97 Å². The summed E-state index contributed by atoms with van der Waals surface area (Å²) in [6.07, 6.45) is 7.71. The molecule has 0 atom stereocenters. The normalized spacial score (nSPS) is 28.1. The number of ether oxygens (including phenoxy) is 1. The van der Waals surface area contributed by atoms with Crippen molar-refractivity contribution >= 4 is 5.97 Å². The van der Waals surface area contributed by atoms with Crippen LogP contribution in [0, 0.1) is 5.92 Å². The fourth-order valence-corrected chi connectivity index (χ4v) is 1.74. The van der Waals surface area contributed by atoms with Gasteiger partial charge in [0, 0.05) is 6.08 Å². The lowest BCUT2D eigenvalue weighted by molar-refractivity contribution is -0.131. The van der Waals surface area contributed by atoms with Gasteiger partial charge in [-0.05, 0) is 31.6 Å². The highest BCUT2D eigenvalue weighted by Crippen LogP contribution is 2.25. The van der Waals surface area contributed by atoms with Crippen molar-refractivity contribution < 1.29 is 14.6 Å². The van der Waals surface area contributed by atoms with Crippen LogP contribution in [0.25, 0.3) is 0 Å². The predicted octanol–water partition coefficient (Wildman–Crippen LogP) is 2.22. The van der Waals surface area contributed by atoms with Crippen LogP contribution in [0.4, 0.5) is 0 Å². The van der Waals surface area contributed by atoms with Crippen LogP contribution in [0.2, 0.25) is 0 Å². The van der Waals surface area contributed by atoms with E-state index in [0.29, 0.717) is 12.7 Å². The van der Waals surface area contributed by atoms with Crippen LogP contribution in [-0.2, 0) is 9.53 Å². The van der Waals surface area contributed by atoms with Crippen molar-refractivity contribution in [2.24, 2.45) is 5.92 Å². The van der Waals surface area contributed by atoms with E-state index in [1.807, 2.05) is 0 Å². The van der Waals surface area contributed by atoms with E-state index >= 15 is 0 Å². The topological polar surface area (TPSA) is 46.5 Å². The van der Waals surface area contributed by atoms with Gasteiger partial charge in [-0.1, -0.05) is 13.0 Å². The Labute approximate surface area is 84.8 Å². The standard InChI is InChI=1S/C11H18O3/c1-9-4-6-10(7-5-9)14-8-2-3-11(12)13/h2-3,9-10H,4-8H2,1H3,(H,12,13)/b3-2+. The fraction of sp³-hybridized carbons (Fsp3) is 0.727. The molecule has 14 heavy (non-hydrogen) atoms. The highest BCUT2D eigenvalue weighted by molar-refractivity contribution is 5.79.